The zero-order valence-electron chi connectivity index (χ0n) is 17.5. The third kappa shape index (κ3) is 3.98. The number of alkyl halides is 1. The first kappa shape index (κ1) is 21.5. The molecule has 3 aromatic rings. The Balaban J connectivity index is 1.91. The van der Waals surface area contributed by atoms with E-state index >= 15 is 0 Å². The molecule has 0 unspecified atom stereocenters. The highest BCUT2D eigenvalue weighted by Gasteiger charge is 2.36. The van der Waals surface area contributed by atoms with Crippen molar-refractivity contribution in [3.05, 3.63) is 76.5 Å². The Bertz CT molecular complexity index is 1330. The summed E-state index contributed by atoms with van der Waals surface area (Å²) in [7, 11) is 0. The minimum Gasteiger partial charge on any atom is -0.480 e. The molecule has 2 aromatic carbocycles. The second-order valence-electron chi connectivity index (χ2n) is 7.31. The van der Waals surface area contributed by atoms with Gasteiger partial charge in [0.25, 0.3) is 0 Å². The minimum atomic E-state index is -1.08. The van der Waals surface area contributed by atoms with E-state index in [1.165, 1.54) is 4.68 Å². The van der Waals surface area contributed by atoms with Gasteiger partial charge in [-0.3, -0.25) is 9.69 Å². The number of benzene rings is 2. The molecule has 0 radical (unpaired) electrons. The fourth-order valence-electron chi connectivity index (χ4n) is 3.74. The van der Waals surface area contributed by atoms with Gasteiger partial charge >= 0.3 is 5.97 Å². The average molecular weight is 443 g/mol. The normalized spacial score (nSPS) is 14.9. The van der Waals surface area contributed by atoms with Crippen molar-refractivity contribution in [1.29, 1.82) is 10.5 Å². The van der Waals surface area contributed by atoms with Crippen molar-refractivity contribution in [3.63, 3.8) is 0 Å². The average Bonchev–Trinajstić information content (AvgIpc) is 3.25. The molecular weight excluding hydrogens is 425 g/mol. The summed E-state index contributed by atoms with van der Waals surface area (Å²) in [5.41, 5.74) is 3.19. The molecule has 0 saturated heterocycles. The van der Waals surface area contributed by atoms with E-state index in [1.54, 1.807) is 60.4 Å². The van der Waals surface area contributed by atoms with Crippen LogP contribution in [0, 0.1) is 22.7 Å². The van der Waals surface area contributed by atoms with Gasteiger partial charge in [0.1, 0.15) is 19.3 Å². The van der Waals surface area contributed by atoms with Gasteiger partial charge in [0, 0.05) is 11.4 Å². The van der Waals surface area contributed by atoms with Crippen LogP contribution in [0.2, 0.25) is 0 Å². The van der Waals surface area contributed by atoms with Crippen molar-refractivity contribution < 1.29 is 14.3 Å². The van der Waals surface area contributed by atoms with Crippen molar-refractivity contribution in [1.82, 2.24) is 14.8 Å². The highest BCUT2D eigenvalue weighted by Crippen LogP contribution is 2.42. The predicted molar refractivity (Wildman–Crippen MR) is 117 cm³/mol. The Labute approximate surface area is 188 Å². The quantitative estimate of drug-likeness (QED) is 0.590. The molecule has 0 fully saturated rings. The number of anilines is 3. The van der Waals surface area contributed by atoms with Gasteiger partial charge in [-0.15, -0.1) is 5.10 Å². The first-order valence-electron chi connectivity index (χ1n) is 9.95. The first-order valence-corrected chi connectivity index (χ1v) is 9.95. The van der Waals surface area contributed by atoms with Crippen LogP contribution in [-0.4, -0.2) is 32.4 Å². The predicted octanol–water partition coefficient (Wildman–Crippen LogP) is 3.65. The third-order valence-corrected chi connectivity index (χ3v) is 5.25. The van der Waals surface area contributed by atoms with Gasteiger partial charge in [0.05, 0.1) is 23.3 Å². The minimum absolute atomic E-state index is 0.0738. The number of fused-ring (bicyclic) bond motifs is 1. The highest BCUT2D eigenvalue weighted by atomic mass is 19.1. The van der Waals surface area contributed by atoms with Crippen LogP contribution >= 0.6 is 0 Å². The Kier molecular flexibility index (Phi) is 5.75. The van der Waals surface area contributed by atoms with Gasteiger partial charge in [0.15, 0.2) is 0 Å². The maximum absolute atomic E-state index is 13.3. The van der Waals surface area contributed by atoms with E-state index in [4.69, 9.17) is 10.4 Å². The molecule has 0 saturated carbocycles. The molecule has 1 aliphatic rings. The van der Waals surface area contributed by atoms with Gasteiger partial charge in [0.2, 0.25) is 11.9 Å². The molecule has 10 heteroatoms. The van der Waals surface area contributed by atoms with Crippen molar-refractivity contribution in [2.75, 3.05) is 16.8 Å². The molecular formula is C23H18FN7O2. The number of hydrogen-bond donors (Lipinski definition) is 2. The molecule has 1 atom stereocenters. The van der Waals surface area contributed by atoms with Crippen LogP contribution in [0.3, 0.4) is 0 Å². The first-order chi connectivity index (χ1) is 16.0. The van der Waals surface area contributed by atoms with Crippen LogP contribution in [0.5, 0.6) is 0 Å². The van der Waals surface area contributed by atoms with Gasteiger partial charge in [-0.2, -0.15) is 15.5 Å². The number of aliphatic carboxylic acids is 1. The van der Waals surface area contributed by atoms with E-state index < -0.39 is 18.7 Å². The number of rotatable bonds is 6. The van der Waals surface area contributed by atoms with Crippen LogP contribution in [0.1, 0.15) is 29.7 Å². The largest absolute Gasteiger partial charge is 0.480 e. The number of aromatic nitrogens is 3. The van der Waals surface area contributed by atoms with Gasteiger partial charge in [-0.25, -0.2) is 9.07 Å². The lowest BCUT2D eigenvalue weighted by atomic mass is 9.95. The second-order valence-corrected chi connectivity index (χ2v) is 7.31. The van der Waals surface area contributed by atoms with Crippen LogP contribution < -0.4 is 10.2 Å². The fraction of sp³-hybridized carbons (Fsp3) is 0.174. The molecule has 0 aliphatic carbocycles. The number of carboxylic acid groups (broad SMARTS) is 1. The Morgan fingerprint density at radius 2 is 1.97 bits per heavy atom. The Morgan fingerprint density at radius 3 is 2.61 bits per heavy atom. The molecule has 2 N–H and O–H groups in total. The number of halogens is 1. The van der Waals surface area contributed by atoms with E-state index in [0.717, 1.165) is 0 Å². The van der Waals surface area contributed by atoms with Crippen LogP contribution in [0.25, 0.3) is 0 Å². The molecule has 164 valence electrons. The van der Waals surface area contributed by atoms with E-state index in [0.29, 0.717) is 39.6 Å². The van der Waals surface area contributed by atoms with Crippen LogP contribution in [0.4, 0.5) is 22.0 Å². The number of nitrogens with one attached hydrogen (secondary N) is 1. The van der Waals surface area contributed by atoms with Gasteiger partial charge in [-0.05, 0) is 42.3 Å². The maximum Gasteiger partial charge on any atom is 0.322 e. The van der Waals surface area contributed by atoms with Crippen molar-refractivity contribution in [2.45, 2.75) is 19.6 Å². The standard InChI is InChI=1S/C23H18FN7O2/c1-14-19(12-26)21(17-7-5-15(11-25)6-8-17)31-23(28-22(29-31)27-13-20(32)33)30(14)18-4-2-3-16(9-18)10-24/h2-9,21H,10,13H2,1H3,(H,27,29)(H,32,33)/t21-/m1/s1. The summed E-state index contributed by atoms with van der Waals surface area (Å²) >= 11 is 0. The third-order valence-electron chi connectivity index (χ3n) is 5.25. The lowest BCUT2D eigenvalue weighted by Crippen LogP contribution is -2.30. The summed E-state index contributed by atoms with van der Waals surface area (Å²) in [5, 5.41) is 35.3. The number of carbonyl (C=O) groups is 1. The number of nitriles is 2. The molecule has 1 aliphatic heterocycles. The molecule has 9 nitrogen and oxygen atoms in total. The lowest BCUT2D eigenvalue weighted by molar-refractivity contribution is -0.134. The summed E-state index contributed by atoms with van der Waals surface area (Å²) in [4.78, 5) is 17.2. The van der Waals surface area contributed by atoms with E-state index in [1.807, 2.05) is 0 Å². The van der Waals surface area contributed by atoms with E-state index in [2.05, 4.69) is 27.5 Å². The zero-order valence-corrected chi connectivity index (χ0v) is 17.5. The monoisotopic (exact) mass is 443 g/mol. The Morgan fingerprint density at radius 1 is 1.21 bits per heavy atom. The molecule has 1 aromatic heterocycles. The topological polar surface area (TPSA) is 131 Å². The van der Waals surface area contributed by atoms with E-state index in [-0.39, 0.29) is 12.5 Å². The summed E-state index contributed by atoms with van der Waals surface area (Å²) in [5.74, 6) is -0.666. The molecule has 0 bridgehead atoms. The van der Waals surface area contributed by atoms with E-state index in [9.17, 15) is 14.4 Å². The number of nitrogens with zero attached hydrogens (tertiary/aromatic N) is 6. The fourth-order valence-corrected chi connectivity index (χ4v) is 3.74. The summed E-state index contributed by atoms with van der Waals surface area (Å²) in [6, 6.07) is 17.2. The van der Waals surface area contributed by atoms with Crippen molar-refractivity contribution >= 4 is 23.6 Å². The highest BCUT2D eigenvalue weighted by molar-refractivity contribution is 5.73. The molecule has 2 heterocycles. The molecule has 33 heavy (non-hydrogen) atoms. The molecule has 0 spiro atoms. The Hall–Kier alpha value is -4.70. The summed E-state index contributed by atoms with van der Waals surface area (Å²) < 4.78 is 14.9. The number of carboxylic acids is 1. The second kappa shape index (κ2) is 8.81. The molecule has 4 rings (SSSR count). The number of hydrogen-bond acceptors (Lipinski definition) is 7. The van der Waals surface area contributed by atoms with Crippen LogP contribution in [0.15, 0.2) is 59.8 Å². The summed E-state index contributed by atoms with van der Waals surface area (Å²) in [6.07, 6.45) is 0. The smallest absolute Gasteiger partial charge is 0.322 e. The zero-order chi connectivity index (χ0) is 23.5. The maximum atomic E-state index is 13.3. The SMILES string of the molecule is CC1=C(C#N)[C@@H](c2ccc(C#N)cc2)n2nc(NCC(=O)O)nc2N1c1cccc(CF)c1. The van der Waals surface area contributed by atoms with Crippen molar-refractivity contribution in [2.24, 2.45) is 0 Å². The molecule has 0 amide bonds. The summed E-state index contributed by atoms with van der Waals surface area (Å²) in [6.45, 7) is 0.723. The van der Waals surface area contributed by atoms with Gasteiger partial charge in [-0.1, -0.05) is 24.3 Å². The van der Waals surface area contributed by atoms with Crippen molar-refractivity contribution in [3.8, 4) is 12.1 Å². The lowest BCUT2D eigenvalue weighted by Gasteiger charge is -2.34. The number of allylic oxidation sites excluding steroid dienone is 2. The van der Waals surface area contributed by atoms with Crippen LogP contribution in [-0.2, 0) is 11.5 Å². The van der Waals surface area contributed by atoms with Gasteiger partial charge < -0.3 is 10.4 Å².